The van der Waals surface area contributed by atoms with Gasteiger partial charge in [0.2, 0.25) is 5.95 Å². The van der Waals surface area contributed by atoms with E-state index in [1.54, 1.807) is 6.07 Å². The number of hydrogen-bond acceptors (Lipinski definition) is 7. The van der Waals surface area contributed by atoms with Crippen molar-refractivity contribution in [2.75, 3.05) is 18.1 Å². The number of anilines is 1. The number of hydrogen-bond donors (Lipinski definition) is 3. The Morgan fingerprint density at radius 2 is 1.92 bits per heavy atom. The molecule has 3 aromatic rings. The fraction of sp³-hybridized carbons (Fsp3) is 0.464. The maximum Gasteiger partial charge on any atom is 0.410 e. The van der Waals surface area contributed by atoms with Gasteiger partial charge in [-0.15, -0.1) is 6.58 Å². The Morgan fingerprint density at radius 1 is 1.21 bits per heavy atom. The van der Waals surface area contributed by atoms with Gasteiger partial charge in [0.05, 0.1) is 25.3 Å². The maximum absolute atomic E-state index is 11.3. The van der Waals surface area contributed by atoms with Crippen LogP contribution in [0.5, 0.6) is 0 Å². The molecule has 1 saturated heterocycles. The topological polar surface area (TPSA) is 129 Å². The van der Waals surface area contributed by atoms with Crippen molar-refractivity contribution < 1.29 is 14.6 Å². The highest BCUT2D eigenvalue weighted by atomic mass is 35.5. The van der Waals surface area contributed by atoms with Crippen molar-refractivity contribution in [2.24, 2.45) is 11.8 Å². The molecule has 0 spiro atoms. The third-order valence-electron chi connectivity index (χ3n) is 7.70. The van der Waals surface area contributed by atoms with E-state index in [0.717, 1.165) is 49.3 Å². The van der Waals surface area contributed by atoms with E-state index in [1.165, 1.54) is 0 Å². The molecule has 11 heteroatoms. The number of nitrogens with zero attached hydrogens (tertiary/aromatic N) is 5. The summed E-state index contributed by atoms with van der Waals surface area (Å²) in [5.41, 5.74) is 2.45. The van der Waals surface area contributed by atoms with Gasteiger partial charge in [0.1, 0.15) is 11.2 Å². The number of imidazole rings is 1. The quantitative estimate of drug-likeness (QED) is 0.214. The molecule has 0 radical (unpaired) electrons. The predicted octanol–water partition coefficient (Wildman–Crippen LogP) is 5.35. The molecule has 1 aliphatic carbocycles. The van der Waals surface area contributed by atoms with Crippen LogP contribution in [0.15, 0.2) is 36.9 Å². The second kappa shape index (κ2) is 11.3. The van der Waals surface area contributed by atoms with Crippen LogP contribution in [-0.2, 0) is 11.3 Å². The Balaban J connectivity index is 1.71. The molecule has 2 aromatic heterocycles. The minimum absolute atomic E-state index is 0.0503. The van der Waals surface area contributed by atoms with Gasteiger partial charge in [-0.2, -0.15) is 4.98 Å². The molecule has 2 atom stereocenters. The van der Waals surface area contributed by atoms with Crippen molar-refractivity contribution >= 4 is 40.6 Å². The number of amides is 1. The minimum atomic E-state index is -1.36. The predicted molar refractivity (Wildman–Crippen MR) is 152 cm³/mol. The molecular formula is C28H34ClN7O3. The lowest BCUT2D eigenvalue weighted by atomic mass is 9.82. The number of ether oxygens (including phenoxy) is 1. The van der Waals surface area contributed by atoms with E-state index >= 15 is 0 Å². The summed E-state index contributed by atoms with van der Waals surface area (Å²) in [7, 11) is 0. The highest BCUT2D eigenvalue weighted by Gasteiger charge is 2.33. The summed E-state index contributed by atoms with van der Waals surface area (Å²) < 4.78 is 8.03. The number of rotatable bonds is 6. The van der Waals surface area contributed by atoms with Gasteiger partial charge in [-0.3, -0.25) is 10.7 Å². The molecule has 2 fully saturated rings. The molecule has 1 aromatic carbocycles. The molecular weight excluding hydrogens is 518 g/mol. The maximum atomic E-state index is 11.3. The molecule has 1 amide bonds. The number of amidine groups is 1. The molecule has 206 valence electrons. The molecule has 1 saturated carbocycles. The molecule has 2 aliphatic rings. The highest BCUT2D eigenvalue weighted by Crippen LogP contribution is 2.37. The lowest BCUT2D eigenvalue weighted by Gasteiger charge is -2.40. The Hall–Kier alpha value is -3.50. The summed E-state index contributed by atoms with van der Waals surface area (Å²) in [6.45, 7) is 10.1. The van der Waals surface area contributed by atoms with Crippen LogP contribution in [0, 0.1) is 17.2 Å². The fourth-order valence-corrected chi connectivity index (χ4v) is 5.96. The van der Waals surface area contributed by atoms with E-state index in [2.05, 4.69) is 46.3 Å². The second-order valence-electron chi connectivity index (χ2n) is 10.6. The number of nitrogens with one attached hydrogen (secondary N) is 2. The SMILES string of the molecule is C=C[C@H]1CC[C@H](Cn2c(N3[C@H](C)COC[C@H]3C)nc3nc(C(=N)NC(=O)O)nc(-c4cccc(Cl)c4)c32)CC1. The summed E-state index contributed by atoms with van der Waals surface area (Å²) in [6, 6.07) is 7.53. The molecule has 0 unspecified atom stereocenters. The number of carbonyl (C=O) groups is 1. The molecule has 5 rings (SSSR count). The van der Waals surface area contributed by atoms with Gasteiger partial charge in [-0.1, -0.05) is 29.8 Å². The molecule has 1 aliphatic heterocycles. The third kappa shape index (κ3) is 5.62. The molecule has 0 bridgehead atoms. The highest BCUT2D eigenvalue weighted by molar-refractivity contribution is 6.30. The van der Waals surface area contributed by atoms with Crippen LogP contribution in [0.2, 0.25) is 5.02 Å². The van der Waals surface area contributed by atoms with E-state index in [9.17, 15) is 9.90 Å². The second-order valence-corrected chi connectivity index (χ2v) is 11.0. The van der Waals surface area contributed by atoms with Crippen LogP contribution in [0.25, 0.3) is 22.4 Å². The molecule has 3 N–H and O–H groups in total. The van der Waals surface area contributed by atoms with Gasteiger partial charge < -0.3 is 19.3 Å². The zero-order valence-corrected chi connectivity index (χ0v) is 23.0. The van der Waals surface area contributed by atoms with Crippen molar-refractivity contribution in [3.8, 4) is 11.3 Å². The standard InChI is InChI=1S/C28H34ClN7O3/c1-4-18-8-10-19(11-9-18)13-35-23-22(20-6-5-7-21(29)12-20)31-26(24(30)32-28(37)38)33-25(23)34-27(35)36-16(2)14-39-15-17(36)3/h4-7,12,16-19H,1,8-11,13-15H2,2-3H3,(H2,30,32)(H,37,38)/t16-,17-,18-,19-/m1/s1. The van der Waals surface area contributed by atoms with Crippen molar-refractivity contribution in [2.45, 2.75) is 58.2 Å². The minimum Gasteiger partial charge on any atom is -0.465 e. The van der Waals surface area contributed by atoms with Crippen LogP contribution < -0.4 is 10.2 Å². The number of benzene rings is 1. The number of aromatic nitrogens is 4. The summed E-state index contributed by atoms with van der Waals surface area (Å²) in [6.07, 6.45) is 5.11. The monoisotopic (exact) mass is 551 g/mol. The van der Waals surface area contributed by atoms with Crippen LogP contribution in [-0.4, -0.2) is 61.9 Å². The van der Waals surface area contributed by atoms with Gasteiger partial charge in [-0.25, -0.2) is 14.8 Å². The number of allylic oxidation sites excluding steroid dienone is 1. The average Bonchev–Trinajstić information content (AvgIpc) is 3.25. The first kappa shape index (κ1) is 27.1. The Morgan fingerprint density at radius 3 is 2.56 bits per heavy atom. The van der Waals surface area contributed by atoms with Gasteiger partial charge in [0.15, 0.2) is 17.3 Å². The first-order valence-corrected chi connectivity index (χ1v) is 13.7. The van der Waals surface area contributed by atoms with Crippen molar-refractivity contribution in [1.82, 2.24) is 24.8 Å². The fourth-order valence-electron chi connectivity index (χ4n) is 5.77. The lowest BCUT2D eigenvalue weighted by Crippen LogP contribution is -2.51. The van der Waals surface area contributed by atoms with Crippen molar-refractivity contribution in [3.05, 3.63) is 47.8 Å². The van der Waals surface area contributed by atoms with E-state index in [0.29, 0.717) is 41.4 Å². The number of fused-ring (bicyclic) bond motifs is 1. The molecule has 39 heavy (non-hydrogen) atoms. The number of carboxylic acid groups (broad SMARTS) is 1. The van der Waals surface area contributed by atoms with Gasteiger partial charge >= 0.3 is 6.09 Å². The van der Waals surface area contributed by atoms with Gasteiger partial charge in [-0.05, 0) is 63.5 Å². The van der Waals surface area contributed by atoms with E-state index in [1.807, 2.05) is 18.2 Å². The summed E-state index contributed by atoms with van der Waals surface area (Å²) in [5, 5.41) is 20.1. The van der Waals surface area contributed by atoms with Crippen molar-refractivity contribution in [3.63, 3.8) is 0 Å². The van der Waals surface area contributed by atoms with Gasteiger partial charge in [0.25, 0.3) is 0 Å². The van der Waals surface area contributed by atoms with Crippen LogP contribution >= 0.6 is 11.6 Å². The van der Waals surface area contributed by atoms with Crippen LogP contribution in [0.1, 0.15) is 45.4 Å². The number of morpholine rings is 1. The zero-order valence-electron chi connectivity index (χ0n) is 22.2. The Kier molecular flexibility index (Phi) is 7.86. The Labute approximate surface area is 232 Å². The third-order valence-corrected chi connectivity index (χ3v) is 7.94. The van der Waals surface area contributed by atoms with E-state index in [4.69, 9.17) is 31.7 Å². The first-order valence-electron chi connectivity index (χ1n) is 13.4. The molecule has 10 nitrogen and oxygen atoms in total. The summed E-state index contributed by atoms with van der Waals surface area (Å²) in [4.78, 5) is 27.9. The Bertz CT molecular complexity index is 1390. The van der Waals surface area contributed by atoms with Gasteiger partial charge in [0, 0.05) is 17.1 Å². The lowest BCUT2D eigenvalue weighted by molar-refractivity contribution is 0.0742. The summed E-state index contributed by atoms with van der Waals surface area (Å²) in [5.74, 6) is 1.32. The first-order chi connectivity index (χ1) is 18.7. The zero-order chi connectivity index (χ0) is 27.7. The normalized spacial score (nSPS) is 23.5. The van der Waals surface area contributed by atoms with Crippen LogP contribution in [0.4, 0.5) is 10.7 Å². The molecule has 3 heterocycles. The number of halogens is 1. The van der Waals surface area contributed by atoms with Crippen molar-refractivity contribution in [1.29, 1.82) is 5.41 Å². The average molecular weight is 552 g/mol. The smallest absolute Gasteiger partial charge is 0.410 e. The largest absolute Gasteiger partial charge is 0.465 e. The van der Waals surface area contributed by atoms with Crippen LogP contribution in [0.3, 0.4) is 0 Å². The van der Waals surface area contributed by atoms with E-state index < -0.39 is 11.9 Å². The van der Waals surface area contributed by atoms with E-state index in [-0.39, 0.29) is 17.9 Å². The summed E-state index contributed by atoms with van der Waals surface area (Å²) >= 11 is 6.38.